The summed E-state index contributed by atoms with van der Waals surface area (Å²) in [5, 5.41) is 3.09. The number of nitrogens with zero attached hydrogens (tertiary/aromatic N) is 2. The number of hydrogen-bond donors (Lipinski definition) is 2. The molecule has 0 spiro atoms. The SMILES string of the molecule is CCc1cccnc1-c1ncc(CNC)[nH]1. The van der Waals surface area contributed by atoms with Gasteiger partial charge in [-0.1, -0.05) is 13.0 Å². The standard InChI is InChI=1S/C12H16N4/c1-3-9-5-4-6-14-11(9)12-15-8-10(16-12)7-13-2/h4-6,8,13H,3,7H2,1-2H3,(H,15,16). The van der Waals surface area contributed by atoms with E-state index < -0.39 is 0 Å². The molecule has 0 aliphatic heterocycles. The van der Waals surface area contributed by atoms with Crippen molar-refractivity contribution >= 4 is 0 Å². The van der Waals surface area contributed by atoms with Gasteiger partial charge in [0.25, 0.3) is 0 Å². The molecule has 0 amide bonds. The van der Waals surface area contributed by atoms with E-state index in [9.17, 15) is 0 Å². The van der Waals surface area contributed by atoms with E-state index in [0.717, 1.165) is 30.2 Å². The highest BCUT2D eigenvalue weighted by Gasteiger charge is 2.08. The van der Waals surface area contributed by atoms with Gasteiger partial charge in [-0.2, -0.15) is 0 Å². The van der Waals surface area contributed by atoms with Crippen molar-refractivity contribution in [3.8, 4) is 11.5 Å². The minimum atomic E-state index is 0.793. The Bertz CT molecular complexity index is 462. The van der Waals surface area contributed by atoms with Gasteiger partial charge in [0.2, 0.25) is 0 Å². The first-order valence-electron chi connectivity index (χ1n) is 5.48. The van der Waals surface area contributed by atoms with Gasteiger partial charge in [0.15, 0.2) is 5.82 Å². The molecule has 2 rings (SSSR count). The maximum atomic E-state index is 4.38. The molecular weight excluding hydrogens is 200 g/mol. The summed E-state index contributed by atoms with van der Waals surface area (Å²) in [5.41, 5.74) is 3.24. The summed E-state index contributed by atoms with van der Waals surface area (Å²) in [4.78, 5) is 12.0. The number of rotatable bonds is 4. The van der Waals surface area contributed by atoms with E-state index in [1.54, 1.807) is 6.20 Å². The summed E-state index contributed by atoms with van der Waals surface area (Å²) in [6.07, 6.45) is 4.61. The minimum absolute atomic E-state index is 0.793. The number of hydrogen-bond acceptors (Lipinski definition) is 3. The van der Waals surface area contributed by atoms with Gasteiger partial charge in [0.1, 0.15) is 5.69 Å². The van der Waals surface area contributed by atoms with E-state index in [4.69, 9.17) is 0 Å². The van der Waals surface area contributed by atoms with Crippen molar-refractivity contribution in [2.24, 2.45) is 0 Å². The van der Waals surface area contributed by atoms with Crippen LogP contribution in [0.2, 0.25) is 0 Å². The molecular formula is C12H16N4. The Morgan fingerprint density at radius 3 is 3.00 bits per heavy atom. The minimum Gasteiger partial charge on any atom is -0.339 e. The third kappa shape index (κ3) is 2.12. The first-order chi connectivity index (χ1) is 7.85. The Hall–Kier alpha value is -1.68. The summed E-state index contributed by atoms with van der Waals surface area (Å²) < 4.78 is 0. The predicted octanol–water partition coefficient (Wildman–Crippen LogP) is 1.75. The second-order valence-corrected chi connectivity index (χ2v) is 3.65. The molecule has 0 radical (unpaired) electrons. The molecule has 2 aromatic heterocycles. The second kappa shape index (κ2) is 4.90. The molecule has 0 fully saturated rings. The number of H-pyrrole nitrogens is 1. The molecule has 0 aromatic carbocycles. The van der Waals surface area contributed by atoms with Crippen molar-refractivity contribution in [3.63, 3.8) is 0 Å². The van der Waals surface area contributed by atoms with Crippen molar-refractivity contribution in [1.82, 2.24) is 20.3 Å². The molecule has 2 N–H and O–H groups in total. The van der Waals surface area contributed by atoms with Gasteiger partial charge < -0.3 is 10.3 Å². The van der Waals surface area contributed by atoms with Crippen molar-refractivity contribution in [2.75, 3.05) is 7.05 Å². The third-order valence-electron chi connectivity index (χ3n) is 2.49. The monoisotopic (exact) mass is 216 g/mol. The fourth-order valence-electron chi connectivity index (χ4n) is 1.70. The largest absolute Gasteiger partial charge is 0.339 e. The highest BCUT2D eigenvalue weighted by atomic mass is 15.0. The number of pyridine rings is 1. The van der Waals surface area contributed by atoms with Gasteiger partial charge >= 0.3 is 0 Å². The zero-order chi connectivity index (χ0) is 11.4. The van der Waals surface area contributed by atoms with Crippen LogP contribution >= 0.6 is 0 Å². The highest BCUT2D eigenvalue weighted by Crippen LogP contribution is 2.18. The lowest BCUT2D eigenvalue weighted by molar-refractivity contribution is 0.797. The molecule has 2 heterocycles. The molecule has 0 atom stereocenters. The van der Waals surface area contributed by atoms with E-state index in [1.807, 2.05) is 19.3 Å². The molecule has 0 aliphatic carbocycles. The number of nitrogens with one attached hydrogen (secondary N) is 2. The van der Waals surface area contributed by atoms with E-state index in [-0.39, 0.29) is 0 Å². The van der Waals surface area contributed by atoms with Crippen molar-refractivity contribution < 1.29 is 0 Å². The van der Waals surface area contributed by atoms with Crippen LogP contribution in [0.25, 0.3) is 11.5 Å². The Kier molecular flexibility index (Phi) is 3.31. The quantitative estimate of drug-likeness (QED) is 0.818. The molecule has 0 unspecified atom stereocenters. The molecule has 84 valence electrons. The van der Waals surface area contributed by atoms with Gasteiger partial charge in [-0.25, -0.2) is 4.98 Å². The molecule has 0 aliphatic rings. The fourth-order valence-corrected chi connectivity index (χ4v) is 1.70. The lowest BCUT2D eigenvalue weighted by Crippen LogP contribution is -2.05. The van der Waals surface area contributed by atoms with Crippen LogP contribution in [0.15, 0.2) is 24.5 Å². The van der Waals surface area contributed by atoms with E-state index in [2.05, 4.69) is 33.3 Å². The maximum absolute atomic E-state index is 4.38. The van der Waals surface area contributed by atoms with Crippen LogP contribution in [0.3, 0.4) is 0 Å². The van der Waals surface area contributed by atoms with Crippen molar-refractivity contribution in [3.05, 3.63) is 35.8 Å². The molecule has 0 saturated heterocycles. The summed E-state index contributed by atoms with van der Waals surface area (Å²) in [6, 6.07) is 4.04. The second-order valence-electron chi connectivity index (χ2n) is 3.65. The Balaban J connectivity index is 2.34. The Morgan fingerprint density at radius 2 is 2.25 bits per heavy atom. The molecule has 0 bridgehead atoms. The highest BCUT2D eigenvalue weighted by molar-refractivity contribution is 5.54. The van der Waals surface area contributed by atoms with Gasteiger partial charge in [-0.05, 0) is 25.1 Å². The van der Waals surface area contributed by atoms with Crippen molar-refractivity contribution in [1.29, 1.82) is 0 Å². The Morgan fingerprint density at radius 1 is 1.38 bits per heavy atom. The van der Waals surface area contributed by atoms with Gasteiger partial charge in [-0.3, -0.25) is 4.98 Å². The van der Waals surface area contributed by atoms with Gasteiger partial charge in [0, 0.05) is 18.4 Å². The zero-order valence-corrected chi connectivity index (χ0v) is 9.62. The first kappa shape index (κ1) is 10.8. The van der Waals surface area contributed by atoms with Crippen LogP contribution in [0.5, 0.6) is 0 Å². The number of aryl methyl sites for hydroxylation is 1. The van der Waals surface area contributed by atoms with Gasteiger partial charge in [-0.15, -0.1) is 0 Å². The molecule has 2 aromatic rings. The lowest BCUT2D eigenvalue weighted by atomic mass is 10.1. The summed E-state index contributed by atoms with van der Waals surface area (Å²) in [5.74, 6) is 0.850. The van der Waals surface area contributed by atoms with E-state index >= 15 is 0 Å². The average molecular weight is 216 g/mol. The van der Waals surface area contributed by atoms with Crippen LogP contribution in [0, 0.1) is 0 Å². The summed E-state index contributed by atoms with van der Waals surface area (Å²) in [6.45, 7) is 2.92. The lowest BCUT2D eigenvalue weighted by Gasteiger charge is -2.02. The van der Waals surface area contributed by atoms with E-state index in [0.29, 0.717) is 0 Å². The van der Waals surface area contributed by atoms with Crippen molar-refractivity contribution in [2.45, 2.75) is 19.9 Å². The maximum Gasteiger partial charge on any atom is 0.156 e. The number of aromatic amines is 1. The summed E-state index contributed by atoms with van der Waals surface area (Å²) >= 11 is 0. The summed E-state index contributed by atoms with van der Waals surface area (Å²) in [7, 11) is 1.92. The van der Waals surface area contributed by atoms with Crippen LogP contribution < -0.4 is 5.32 Å². The van der Waals surface area contributed by atoms with E-state index in [1.165, 1.54) is 5.56 Å². The average Bonchev–Trinajstić information content (AvgIpc) is 2.78. The number of aromatic nitrogens is 3. The topological polar surface area (TPSA) is 53.6 Å². The predicted molar refractivity (Wildman–Crippen MR) is 64.0 cm³/mol. The molecule has 4 nitrogen and oxygen atoms in total. The smallest absolute Gasteiger partial charge is 0.156 e. The normalized spacial score (nSPS) is 10.6. The molecule has 16 heavy (non-hydrogen) atoms. The Labute approximate surface area is 95.1 Å². The van der Waals surface area contributed by atoms with Crippen LogP contribution in [-0.2, 0) is 13.0 Å². The number of imidazole rings is 1. The first-order valence-corrected chi connectivity index (χ1v) is 5.48. The fraction of sp³-hybridized carbons (Fsp3) is 0.333. The third-order valence-corrected chi connectivity index (χ3v) is 2.49. The van der Waals surface area contributed by atoms with Crippen LogP contribution in [-0.4, -0.2) is 22.0 Å². The zero-order valence-electron chi connectivity index (χ0n) is 9.62. The van der Waals surface area contributed by atoms with Gasteiger partial charge in [0.05, 0.1) is 6.20 Å². The molecule has 0 saturated carbocycles. The molecule has 4 heteroatoms. The van der Waals surface area contributed by atoms with Crippen LogP contribution in [0.4, 0.5) is 0 Å². The van der Waals surface area contributed by atoms with Crippen LogP contribution in [0.1, 0.15) is 18.2 Å².